The van der Waals surface area contributed by atoms with Crippen molar-refractivity contribution >= 4 is 39.1 Å². The smallest absolute Gasteiger partial charge is 0.417 e. The SMILES string of the molecule is CC[C@@H](C(=O)NC(C)(C)C)N(Cc1ccc(OC)cc1)C(=O)CN(c1ccc(Cl)c(C(F)(F)F)c1)S(=O)(=O)c1ccccc1. The Hall–Kier alpha value is -3.77. The van der Waals surface area contributed by atoms with E-state index in [0.29, 0.717) is 21.7 Å². The van der Waals surface area contributed by atoms with E-state index in [4.69, 9.17) is 16.3 Å². The van der Waals surface area contributed by atoms with Gasteiger partial charge in [0.05, 0.1) is 28.3 Å². The van der Waals surface area contributed by atoms with Crippen molar-refractivity contribution < 1.29 is 35.9 Å². The maximum Gasteiger partial charge on any atom is 0.417 e. The van der Waals surface area contributed by atoms with Crippen LogP contribution in [0, 0.1) is 0 Å². The van der Waals surface area contributed by atoms with E-state index in [0.717, 1.165) is 12.1 Å². The van der Waals surface area contributed by atoms with Gasteiger partial charge in [0.2, 0.25) is 11.8 Å². The third-order valence-corrected chi connectivity index (χ3v) is 8.67. The van der Waals surface area contributed by atoms with Gasteiger partial charge in [-0.2, -0.15) is 13.2 Å². The zero-order chi connectivity index (χ0) is 32.9. The standard InChI is InChI=1S/C31H35ClF3N3O5S/c1-6-27(29(40)36-30(2,3)4)37(19-21-12-15-23(43-5)16-13-21)28(39)20-38(44(41,42)24-10-8-7-9-11-24)22-14-17-26(32)25(18-22)31(33,34)35/h7-18,27H,6,19-20H2,1-5H3,(H,36,40)/t27-/m0/s1. The van der Waals surface area contributed by atoms with Crippen molar-refractivity contribution in [2.45, 2.75) is 63.3 Å². The van der Waals surface area contributed by atoms with E-state index >= 15 is 0 Å². The number of halogens is 4. The zero-order valence-electron chi connectivity index (χ0n) is 25.0. The Morgan fingerprint density at radius 1 is 0.977 bits per heavy atom. The summed E-state index contributed by atoms with van der Waals surface area (Å²) in [4.78, 5) is 28.5. The molecule has 3 aromatic rings. The molecule has 0 spiro atoms. The van der Waals surface area contributed by atoms with Crippen LogP contribution < -0.4 is 14.4 Å². The van der Waals surface area contributed by atoms with E-state index in [1.54, 1.807) is 58.0 Å². The molecule has 3 aromatic carbocycles. The molecule has 0 aliphatic heterocycles. The largest absolute Gasteiger partial charge is 0.497 e. The van der Waals surface area contributed by atoms with Crippen LogP contribution in [0.15, 0.2) is 77.7 Å². The first-order chi connectivity index (χ1) is 20.5. The number of carbonyl (C=O) groups excluding carboxylic acids is 2. The molecule has 13 heteroatoms. The van der Waals surface area contributed by atoms with Crippen LogP contribution in [0.4, 0.5) is 18.9 Å². The van der Waals surface area contributed by atoms with Crippen LogP contribution in [0.2, 0.25) is 5.02 Å². The molecule has 0 fully saturated rings. The van der Waals surface area contributed by atoms with E-state index < -0.39 is 62.4 Å². The summed E-state index contributed by atoms with van der Waals surface area (Å²) in [5, 5.41) is 2.23. The average molecular weight is 654 g/mol. The van der Waals surface area contributed by atoms with Gasteiger partial charge < -0.3 is 15.0 Å². The molecule has 0 unspecified atom stereocenters. The first-order valence-electron chi connectivity index (χ1n) is 13.7. The van der Waals surface area contributed by atoms with Crippen LogP contribution in [0.25, 0.3) is 0 Å². The van der Waals surface area contributed by atoms with Crippen LogP contribution in [0.5, 0.6) is 5.75 Å². The Balaban J connectivity index is 2.14. The molecule has 8 nitrogen and oxygen atoms in total. The number of hydrogen-bond acceptors (Lipinski definition) is 5. The molecular formula is C31H35ClF3N3O5S. The van der Waals surface area contributed by atoms with Crippen molar-refractivity contribution in [3.8, 4) is 5.75 Å². The summed E-state index contributed by atoms with van der Waals surface area (Å²) in [6.45, 7) is 6.05. The van der Waals surface area contributed by atoms with Crippen molar-refractivity contribution in [3.05, 3.63) is 88.9 Å². The van der Waals surface area contributed by atoms with E-state index in [-0.39, 0.29) is 17.9 Å². The number of anilines is 1. The fourth-order valence-corrected chi connectivity index (χ4v) is 6.09. The quantitative estimate of drug-likeness (QED) is 0.263. The molecule has 44 heavy (non-hydrogen) atoms. The molecule has 0 saturated carbocycles. The lowest BCUT2D eigenvalue weighted by atomic mass is 10.1. The number of amides is 2. The minimum absolute atomic E-state index is 0.0907. The number of ether oxygens (including phenoxy) is 1. The molecule has 0 aliphatic rings. The van der Waals surface area contributed by atoms with Crippen molar-refractivity contribution in [1.82, 2.24) is 10.2 Å². The number of benzene rings is 3. The minimum Gasteiger partial charge on any atom is -0.497 e. The summed E-state index contributed by atoms with van der Waals surface area (Å²) in [5.41, 5.74) is -1.71. The minimum atomic E-state index is -4.89. The summed E-state index contributed by atoms with van der Waals surface area (Å²) in [5.74, 6) is -0.711. The lowest BCUT2D eigenvalue weighted by Gasteiger charge is -2.35. The Bertz CT molecular complexity index is 1560. The normalized spacial score (nSPS) is 12.8. The van der Waals surface area contributed by atoms with Crippen molar-refractivity contribution in [3.63, 3.8) is 0 Å². The maximum atomic E-state index is 14.1. The third kappa shape index (κ3) is 8.66. The molecule has 1 atom stereocenters. The number of nitrogens with zero attached hydrogens (tertiary/aromatic N) is 2. The molecule has 2 amide bonds. The van der Waals surface area contributed by atoms with E-state index in [1.807, 2.05) is 0 Å². The van der Waals surface area contributed by atoms with Crippen molar-refractivity contribution in [2.75, 3.05) is 18.0 Å². The number of carbonyl (C=O) groups is 2. The van der Waals surface area contributed by atoms with Gasteiger partial charge in [0.25, 0.3) is 10.0 Å². The fourth-order valence-electron chi connectivity index (χ4n) is 4.43. The Kier molecular flexibility index (Phi) is 11.0. The molecule has 0 aliphatic carbocycles. The molecule has 0 saturated heterocycles. The molecule has 0 aromatic heterocycles. The highest BCUT2D eigenvalue weighted by Gasteiger charge is 2.37. The lowest BCUT2D eigenvalue weighted by molar-refractivity contribution is -0.141. The first kappa shape index (κ1) is 34.7. The molecule has 238 valence electrons. The van der Waals surface area contributed by atoms with E-state index in [9.17, 15) is 31.2 Å². The second kappa shape index (κ2) is 13.9. The highest BCUT2D eigenvalue weighted by atomic mass is 35.5. The summed E-state index contributed by atoms with van der Waals surface area (Å²) in [6.07, 6.45) is -4.72. The van der Waals surface area contributed by atoms with Crippen LogP contribution in [0.3, 0.4) is 0 Å². The van der Waals surface area contributed by atoms with Crippen molar-refractivity contribution in [1.29, 1.82) is 0 Å². The van der Waals surface area contributed by atoms with Gasteiger partial charge >= 0.3 is 6.18 Å². The molecule has 0 bridgehead atoms. The van der Waals surface area contributed by atoms with Crippen LogP contribution in [0.1, 0.15) is 45.2 Å². The second-order valence-electron chi connectivity index (χ2n) is 11.0. The highest BCUT2D eigenvalue weighted by molar-refractivity contribution is 7.92. The van der Waals surface area contributed by atoms with Gasteiger partial charge in [-0.15, -0.1) is 0 Å². The van der Waals surface area contributed by atoms with Gasteiger partial charge in [-0.25, -0.2) is 8.42 Å². The Labute approximate surface area is 260 Å². The van der Waals surface area contributed by atoms with E-state index in [2.05, 4.69) is 5.32 Å². The number of nitrogens with one attached hydrogen (secondary N) is 1. The van der Waals surface area contributed by atoms with Gasteiger partial charge in [-0.05, 0) is 75.2 Å². The second-order valence-corrected chi connectivity index (χ2v) is 13.3. The summed E-state index contributed by atoms with van der Waals surface area (Å²) >= 11 is 5.82. The number of alkyl halides is 3. The predicted molar refractivity (Wildman–Crippen MR) is 163 cm³/mol. The summed E-state index contributed by atoms with van der Waals surface area (Å²) in [7, 11) is -3.07. The zero-order valence-corrected chi connectivity index (χ0v) is 26.6. The molecule has 3 rings (SSSR count). The van der Waals surface area contributed by atoms with Gasteiger partial charge in [0, 0.05) is 12.1 Å². The topological polar surface area (TPSA) is 96.0 Å². The molecule has 0 radical (unpaired) electrons. The fraction of sp³-hybridized carbons (Fsp3) is 0.355. The van der Waals surface area contributed by atoms with Crippen molar-refractivity contribution in [2.24, 2.45) is 0 Å². The monoisotopic (exact) mass is 653 g/mol. The van der Waals surface area contributed by atoms with E-state index in [1.165, 1.54) is 36.3 Å². The maximum absolute atomic E-state index is 14.1. The van der Waals surface area contributed by atoms with Gasteiger partial charge in [0.1, 0.15) is 18.3 Å². The molecule has 1 N–H and O–H groups in total. The third-order valence-electron chi connectivity index (χ3n) is 6.55. The number of rotatable bonds is 11. The number of sulfonamides is 1. The molecule has 0 heterocycles. The number of methoxy groups -OCH3 is 1. The summed E-state index contributed by atoms with van der Waals surface area (Å²) in [6, 6.07) is 15.4. The highest BCUT2D eigenvalue weighted by Crippen LogP contribution is 2.38. The van der Waals surface area contributed by atoms with Crippen LogP contribution in [-0.2, 0) is 32.3 Å². The first-order valence-corrected chi connectivity index (χ1v) is 15.5. The molecular weight excluding hydrogens is 619 g/mol. The van der Waals surface area contributed by atoms with Crippen LogP contribution in [-0.4, -0.2) is 50.4 Å². The average Bonchev–Trinajstić information content (AvgIpc) is 2.95. The van der Waals surface area contributed by atoms with Gasteiger partial charge in [-0.3, -0.25) is 13.9 Å². The summed E-state index contributed by atoms with van der Waals surface area (Å²) < 4.78 is 74.9. The Morgan fingerprint density at radius 3 is 2.11 bits per heavy atom. The number of hydrogen-bond donors (Lipinski definition) is 1. The Morgan fingerprint density at radius 2 is 1.59 bits per heavy atom. The lowest BCUT2D eigenvalue weighted by Crippen LogP contribution is -2.55. The predicted octanol–water partition coefficient (Wildman–Crippen LogP) is 6.28. The van der Waals surface area contributed by atoms with Gasteiger partial charge in [0.15, 0.2) is 0 Å². The van der Waals surface area contributed by atoms with Gasteiger partial charge in [-0.1, -0.05) is 48.9 Å². The van der Waals surface area contributed by atoms with Crippen LogP contribution >= 0.6 is 11.6 Å².